The second-order valence-electron chi connectivity index (χ2n) is 5.50. The zero-order valence-corrected chi connectivity index (χ0v) is 12.1. The lowest BCUT2D eigenvalue weighted by Crippen LogP contribution is -2.15. The molecule has 1 aliphatic carbocycles. The smallest absolute Gasteiger partial charge is 0.183 e. The fourth-order valence-electron chi connectivity index (χ4n) is 2.55. The third-order valence-corrected chi connectivity index (χ3v) is 5.02. The summed E-state index contributed by atoms with van der Waals surface area (Å²) in [7, 11) is 0. The van der Waals surface area contributed by atoms with Gasteiger partial charge in [0.15, 0.2) is 5.13 Å². The summed E-state index contributed by atoms with van der Waals surface area (Å²) in [5.41, 5.74) is 1.17. The number of nitrogens with one attached hydrogen (secondary N) is 1. The number of hydrogen-bond donors (Lipinski definition) is 1. The highest BCUT2D eigenvalue weighted by atomic mass is 32.1. The molecule has 0 saturated heterocycles. The van der Waals surface area contributed by atoms with Crippen LogP contribution in [0.3, 0.4) is 0 Å². The molecular weight excluding hydrogens is 228 g/mol. The minimum absolute atomic E-state index is 0.945. The Bertz CT molecular complexity index is 332. The maximum Gasteiger partial charge on any atom is 0.183 e. The summed E-state index contributed by atoms with van der Waals surface area (Å²) >= 11 is 1.78. The molecule has 1 aliphatic rings. The van der Waals surface area contributed by atoms with Crippen molar-refractivity contribution < 1.29 is 0 Å². The SMILES string of the molecule is Cc1nc(NCCC2CCC(C)CC2)sc1C. The van der Waals surface area contributed by atoms with E-state index >= 15 is 0 Å². The van der Waals surface area contributed by atoms with Gasteiger partial charge in [0.25, 0.3) is 0 Å². The van der Waals surface area contributed by atoms with Crippen molar-refractivity contribution >= 4 is 16.5 Å². The number of hydrogen-bond acceptors (Lipinski definition) is 3. The molecule has 1 N–H and O–H groups in total. The van der Waals surface area contributed by atoms with Crippen LogP contribution in [0.1, 0.15) is 49.6 Å². The van der Waals surface area contributed by atoms with Crippen LogP contribution in [0.5, 0.6) is 0 Å². The van der Waals surface area contributed by atoms with Gasteiger partial charge in [-0.25, -0.2) is 4.98 Å². The number of thiazole rings is 1. The largest absolute Gasteiger partial charge is 0.361 e. The molecule has 3 heteroatoms. The first-order valence-electron chi connectivity index (χ1n) is 6.83. The minimum atomic E-state index is 0.945. The molecule has 1 aromatic rings. The summed E-state index contributed by atoms with van der Waals surface area (Å²) in [5, 5.41) is 4.57. The Balaban J connectivity index is 1.69. The molecule has 0 atom stereocenters. The first-order chi connectivity index (χ1) is 8.15. The van der Waals surface area contributed by atoms with E-state index in [0.717, 1.165) is 23.5 Å². The van der Waals surface area contributed by atoms with Crippen molar-refractivity contribution in [2.45, 2.75) is 52.9 Å². The molecule has 1 heterocycles. The lowest BCUT2D eigenvalue weighted by atomic mass is 9.81. The van der Waals surface area contributed by atoms with E-state index in [-0.39, 0.29) is 0 Å². The topological polar surface area (TPSA) is 24.9 Å². The van der Waals surface area contributed by atoms with E-state index in [0.29, 0.717) is 0 Å². The molecule has 0 bridgehead atoms. The van der Waals surface area contributed by atoms with Gasteiger partial charge >= 0.3 is 0 Å². The van der Waals surface area contributed by atoms with E-state index in [1.54, 1.807) is 11.3 Å². The zero-order valence-electron chi connectivity index (χ0n) is 11.3. The van der Waals surface area contributed by atoms with Gasteiger partial charge < -0.3 is 5.32 Å². The normalized spacial score (nSPS) is 24.9. The molecular formula is C14H24N2S. The number of aromatic nitrogens is 1. The van der Waals surface area contributed by atoms with Crippen molar-refractivity contribution in [3.8, 4) is 0 Å². The van der Waals surface area contributed by atoms with Gasteiger partial charge in [-0.2, -0.15) is 0 Å². The molecule has 0 aliphatic heterocycles. The molecule has 96 valence electrons. The second-order valence-corrected chi connectivity index (χ2v) is 6.71. The number of aryl methyl sites for hydroxylation is 2. The van der Waals surface area contributed by atoms with Crippen LogP contribution in [0.2, 0.25) is 0 Å². The first-order valence-corrected chi connectivity index (χ1v) is 7.64. The van der Waals surface area contributed by atoms with Crippen LogP contribution >= 0.6 is 11.3 Å². The molecule has 17 heavy (non-hydrogen) atoms. The Hall–Kier alpha value is -0.570. The Morgan fingerprint density at radius 2 is 1.94 bits per heavy atom. The number of rotatable bonds is 4. The highest BCUT2D eigenvalue weighted by molar-refractivity contribution is 7.15. The van der Waals surface area contributed by atoms with Crippen LogP contribution in [0.15, 0.2) is 0 Å². The third-order valence-electron chi connectivity index (χ3n) is 3.99. The van der Waals surface area contributed by atoms with Gasteiger partial charge in [-0.1, -0.05) is 32.6 Å². The Labute approximate surface area is 109 Å². The Morgan fingerprint density at radius 3 is 2.53 bits per heavy atom. The first kappa shape index (κ1) is 12.9. The van der Waals surface area contributed by atoms with Gasteiger partial charge in [0.05, 0.1) is 5.69 Å². The molecule has 0 spiro atoms. The summed E-state index contributed by atoms with van der Waals surface area (Å²) < 4.78 is 0. The maximum absolute atomic E-state index is 4.51. The Kier molecular flexibility index (Phi) is 4.43. The number of nitrogens with zero attached hydrogens (tertiary/aromatic N) is 1. The maximum atomic E-state index is 4.51. The second kappa shape index (κ2) is 5.85. The lowest BCUT2D eigenvalue weighted by Gasteiger charge is -2.26. The average molecular weight is 252 g/mol. The van der Waals surface area contributed by atoms with Crippen molar-refractivity contribution in [1.82, 2.24) is 4.98 Å². The van der Waals surface area contributed by atoms with Gasteiger partial charge in [0, 0.05) is 11.4 Å². The third kappa shape index (κ3) is 3.70. The average Bonchev–Trinajstić information content (AvgIpc) is 2.61. The van der Waals surface area contributed by atoms with E-state index in [9.17, 15) is 0 Å². The predicted molar refractivity (Wildman–Crippen MR) is 75.8 cm³/mol. The van der Waals surface area contributed by atoms with Gasteiger partial charge in [-0.15, -0.1) is 11.3 Å². The summed E-state index contributed by atoms with van der Waals surface area (Å²) in [5.74, 6) is 1.91. The van der Waals surface area contributed by atoms with Gasteiger partial charge in [0.1, 0.15) is 0 Å². The number of anilines is 1. The van der Waals surface area contributed by atoms with Crippen LogP contribution in [0, 0.1) is 25.7 Å². The molecule has 0 amide bonds. The highest BCUT2D eigenvalue weighted by Crippen LogP contribution is 2.30. The fraction of sp³-hybridized carbons (Fsp3) is 0.786. The van der Waals surface area contributed by atoms with Crippen molar-refractivity contribution in [1.29, 1.82) is 0 Å². The van der Waals surface area contributed by atoms with Crippen LogP contribution in [0.4, 0.5) is 5.13 Å². The molecule has 0 unspecified atom stereocenters. The summed E-state index contributed by atoms with van der Waals surface area (Å²) in [6.07, 6.45) is 7.03. The van der Waals surface area contributed by atoms with Gasteiger partial charge in [0.2, 0.25) is 0 Å². The predicted octanol–water partition coefficient (Wildman–Crippen LogP) is 4.39. The molecule has 2 nitrogen and oxygen atoms in total. The van der Waals surface area contributed by atoms with E-state index in [1.807, 2.05) is 0 Å². The van der Waals surface area contributed by atoms with E-state index in [4.69, 9.17) is 0 Å². The quantitative estimate of drug-likeness (QED) is 0.859. The summed E-state index contributed by atoms with van der Waals surface area (Å²) in [4.78, 5) is 5.84. The van der Waals surface area contributed by atoms with E-state index in [2.05, 4.69) is 31.1 Å². The molecule has 0 radical (unpaired) electrons. The Morgan fingerprint density at radius 1 is 1.24 bits per heavy atom. The highest BCUT2D eigenvalue weighted by Gasteiger charge is 2.17. The van der Waals surface area contributed by atoms with Crippen LogP contribution in [-0.4, -0.2) is 11.5 Å². The molecule has 0 aromatic carbocycles. The molecule has 2 rings (SSSR count). The molecule has 1 aromatic heterocycles. The monoisotopic (exact) mass is 252 g/mol. The zero-order chi connectivity index (χ0) is 12.3. The molecule has 1 saturated carbocycles. The van der Waals surface area contributed by atoms with Gasteiger partial charge in [-0.05, 0) is 32.1 Å². The lowest BCUT2D eigenvalue weighted by molar-refractivity contribution is 0.282. The van der Waals surface area contributed by atoms with E-state index in [1.165, 1.54) is 42.7 Å². The van der Waals surface area contributed by atoms with Crippen molar-refractivity contribution in [2.75, 3.05) is 11.9 Å². The molecule has 1 fully saturated rings. The minimum Gasteiger partial charge on any atom is -0.361 e. The summed E-state index contributed by atoms with van der Waals surface area (Å²) in [6, 6.07) is 0. The fourth-order valence-corrected chi connectivity index (χ4v) is 3.39. The van der Waals surface area contributed by atoms with E-state index < -0.39 is 0 Å². The summed E-state index contributed by atoms with van der Waals surface area (Å²) in [6.45, 7) is 7.70. The standard InChI is InChI=1S/C14H24N2S/c1-10-4-6-13(7-5-10)8-9-15-14-16-11(2)12(3)17-14/h10,13H,4-9H2,1-3H3,(H,15,16). The van der Waals surface area contributed by atoms with Gasteiger partial charge in [-0.3, -0.25) is 0 Å². The van der Waals surface area contributed by atoms with Crippen molar-refractivity contribution in [2.24, 2.45) is 11.8 Å². The van der Waals surface area contributed by atoms with Crippen molar-refractivity contribution in [3.63, 3.8) is 0 Å². The van der Waals surface area contributed by atoms with Crippen LogP contribution in [0.25, 0.3) is 0 Å². The van der Waals surface area contributed by atoms with Crippen LogP contribution in [-0.2, 0) is 0 Å². The van der Waals surface area contributed by atoms with Crippen LogP contribution < -0.4 is 5.32 Å². The van der Waals surface area contributed by atoms with Crippen molar-refractivity contribution in [3.05, 3.63) is 10.6 Å².